The second-order valence-electron chi connectivity index (χ2n) is 12.3. The third-order valence-corrected chi connectivity index (χ3v) is 6.97. The molecule has 0 atom stereocenters. The predicted octanol–water partition coefficient (Wildman–Crippen LogP) is 9.94. The minimum Gasteiger partial charge on any atom is -0.512 e. The van der Waals surface area contributed by atoms with Crippen LogP contribution in [0.1, 0.15) is 65.5 Å². The summed E-state index contributed by atoms with van der Waals surface area (Å²) in [5.74, 6) is 1.61. The number of nitrogens with zero attached hydrogens (tertiary/aromatic N) is 1. The van der Waals surface area contributed by atoms with Crippen LogP contribution in [0.25, 0.3) is 44.3 Å². The number of aryl methyl sites for hydroxylation is 1. The molecule has 217 valence electrons. The van der Waals surface area contributed by atoms with Gasteiger partial charge in [-0.05, 0) is 70.3 Å². The first-order valence-electron chi connectivity index (χ1n) is 14.5. The van der Waals surface area contributed by atoms with E-state index in [2.05, 4.69) is 75.4 Å². The molecule has 4 aromatic rings. The molecule has 3 nitrogen and oxygen atoms in total. The SMILES string of the molecule is CC(C)CC(=O)/C=C(\O)CC(C)C.Cc1ccc2c(c1)-c1ccc[c-]c1-c1nccc3cc(CC(C)C)cc-2c13.[Ir]. The molecule has 3 aromatic carbocycles. The van der Waals surface area contributed by atoms with Crippen molar-refractivity contribution in [2.75, 3.05) is 0 Å². The number of aromatic nitrogens is 1. The van der Waals surface area contributed by atoms with Gasteiger partial charge in [-0.15, -0.1) is 29.8 Å². The summed E-state index contributed by atoms with van der Waals surface area (Å²) in [7, 11) is 0. The van der Waals surface area contributed by atoms with Gasteiger partial charge < -0.3 is 10.1 Å². The van der Waals surface area contributed by atoms with Crippen molar-refractivity contribution in [3.63, 3.8) is 0 Å². The molecule has 1 N–H and O–H groups in total. The second-order valence-corrected chi connectivity index (χ2v) is 12.3. The van der Waals surface area contributed by atoms with Crippen LogP contribution < -0.4 is 0 Å². The molecule has 0 aliphatic heterocycles. The number of carbonyl (C=O) groups is 1. The van der Waals surface area contributed by atoms with E-state index in [-0.39, 0.29) is 31.6 Å². The molecular weight excluding hydrogens is 683 g/mol. The van der Waals surface area contributed by atoms with Gasteiger partial charge >= 0.3 is 0 Å². The topological polar surface area (TPSA) is 50.2 Å². The second kappa shape index (κ2) is 14.2. The fourth-order valence-electron chi connectivity index (χ4n) is 5.47. The Morgan fingerprint density at radius 2 is 1.61 bits per heavy atom. The minimum absolute atomic E-state index is 0. The van der Waals surface area contributed by atoms with E-state index in [1.165, 1.54) is 50.2 Å². The number of ketones is 1. The van der Waals surface area contributed by atoms with E-state index in [0.29, 0.717) is 30.6 Å². The molecule has 0 bridgehead atoms. The predicted molar refractivity (Wildman–Crippen MR) is 168 cm³/mol. The van der Waals surface area contributed by atoms with Crippen molar-refractivity contribution in [3.05, 3.63) is 89.8 Å². The molecule has 0 spiro atoms. The molecule has 1 aliphatic carbocycles. The summed E-state index contributed by atoms with van der Waals surface area (Å²) in [5.41, 5.74) is 9.91. The normalized spacial score (nSPS) is 11.9. The fourth-order valence-corrected chi connectivity index (χ4v) is 5.47. The minimum atomic E-state index is 0. The molecule has 1 aromatic heterocycles. The number of carbonyl (C=O) groups excluding carboxylic acids is 1. The Kier molecular flexibility index (Phi) is 11.2. The molecule has 0 unspecified atom stereocenters. The summed E-state index contributed by atoms with van der Waals surface area (Å²) in [5, 5.41) is 11.9. The van der Waals surface area contributed by atoms with Crippen LogP contribution in [-0.4, -0.2) is 15.9 Å². The maximum absolute atomic E-state index is 11.2. The molecule has 0 fully saturated rings. The van der Waals surface area contributed by atoms with Gasteiger partial charge in [-0.2, -0.15) is 0 Å². The number of aliphatic hydroxyl groups excluding tert-OH is 1. The number of pyridine rings is 1. The van der Waals surface area contributed by atoms with Gasteiger partial charge in [0.05, 0.1) is 5.76 Å². The van der Waals surface area contributed by atoms with E-state index < -0.39 is 0 Å². The van der Waals surface area contributed by atoms with Crippen molar-refractivity contribution in [1.82, 2.24) is 4.98 Å². The third kappa shape index (κ3) is 8.03. The quantitative estimate of drug-likeness (QED) is 0.103. The Hall–Kier alpha value is -3.07. The largest absolute Gasteiger partial charge is 0.512 e. The first kappa shape index (κ1) is 32.4. The van der Waals surface area contributed by atoms with Crippen molar-refractivity contribution in [1.29, 1.82) is 0 Å². The molecular formula is C37H42IrNO2-. The monoisotopic (exact) mass is 725 g/mol. The van der Waals surface area contributed by atoms with Gasteiger partial charge in [-0.3, -0.25) is 4.79 Å². The zero-order valence-electron chi connectivity index (χ0n) is 25.3. The smallest absolute Gasteiger partial charge is 0.159 e. The molecule has 1 radical (unpaired) electrons. The number of rotatable bonds is 7. The Balaban J connectivity index is 0.000000284. The zero-order valence-corrected chi connectivity index (χ0v) is 27.7. The van der Waals surface area contributed by atoms with Crippen LogP contribution in [0.5, 0.6) is 0 Å². The third-order valence-electron chi connectivity index (χ3n) is 6.97. The van der Waals surface area contributed by atoms with Crippen LogP contribution in [0.4, 0.5) is 0 Å². The van der Waals surface area contributed by atoms with Gasteiger partial charge in [-0.1, -0.05) is 88.6 Å². The van der Waals surface area contributed by atoms with Crippen LogP contribution in [0, 0.1) is 30.7 Å². The number of hydrogen-bond donors (Lipinski definition) is 1. The van der Waals surface area contributed by atoms with Crippen molar-refractivity contribution < 1.29 is 30.0 Å². The van der Waals surface area contributed by atoms with Gasteiger partial charge in [0.25, 0.3) is 0 Å². The number of benzene rings is 3. The summed E-state index contributed by atoms with van der Waals surface area (Å²) in [4.78, 5) is 16.0. The van der Waals surface area contributed by atoms with Crippen molar-refractivity contribution in [3.8, 4) is 33.5 Å². The first-order valence-corrected chi connectivity index (χ1v) is 14.5. The van der Waals surface area contributed by atoms with Crippen molar-refractivity contribution in [2.45, 2.75) is 67.7 Å². The van der Waals surface area contributed by atoms with Gasteiger partial charge in [0.1, 0.15) is 0 Å². The molecule has 1 heterocycles. The van der Waals surface area contributed by atoms with Crippen LogP contribution >= 0.6 is 0 Å². The molecule has 0 saturated heterocycles. The van der Waals surface area contributed by atoms with Crippen molar-refractivity contribution >= 4 is 16.6 Å². The average molecular weight is 725 g/mol. The zero-order chi connectivity index (χ0) is 29.0. The summed E-state index contributed by atoms with van der Waals surface area (Å²) in [6, 6.07) is 23.4. The van der Waals surface area contributed by atoms with E-state index in [1.54, 1.807) is 0 Å². The van der Waals surface area contributed by atoms with Gasteiger partial charge in [0.2, 0.25) is 0 Å². The number of allylic oxidation sites excluding steroid dienone is 2. The molecule has 4 heteroatoms. The fraction of sp³-hybridized carbons (Fsp3) is 0.351. The standard InChI is InChI=1S/C26H22N.C11H20O2.Ir/c1-16(2)12-18-14-19-10-11-27-26-22-7-5-4-6-20(22)23-13-17(3)8-9-21(23)24(15-18)25(19)26;1-8(2)5-10(12)7-11(13)6-9(3)4;/h4-6,8-11,13-16H,12H2,1-3H3;7-9,12H,5-6H2,1-4H3;/q-1;;/b;10-7-;. The molecule has 0 amide bonds. The van der Waals surface area contributed by atoms with Gasteiger partial charge in [0, 0.05) is 45.2 Å². The van der Waals surface area contributed by atoms with Crippen LogP contribution in [-0.2, 0) is 31.3 Å². The summed E-state index contributed by atoms with van der Waals surface area (Å²) >= 11 is 0. The van der Waals surface area contributed by atoms with Crippen molar-refractivity contribution in [2.24, 2.45) is 17.8 Å². The molecule has 0 saturated carbocycles. The average Bonchev–Trinajstić information content (AvgIpc) is 2.97. The molecule has 5 rings (SSSR count). The van der Waals surface area contributed by atoms with E-state index in [1.807, 2.05) is 40.0 Å². The summed E-state index contributed by atoms with van der Waals surface area (Å²) < 4.78 is 0. The maximum Gasteiger partial charge on any atom is 0.159 e. The Labute approximate surface area is 259 Å². The number of hydrogen-bond acceptors (Lipinski definition) is 3. The molecule has 1 aliphatic rings. The molecule has 41 heavy (non-hydrogen) atoms. The van der Waals surface area contributed by atoms with Crippen LogP contribution in [0.3, 0.4) is 0 Å². The van der Waals surface area contributed by atoms with Gasteiger partial charge in [0.15, 0.2) is 5.78 Å². The van der Waals surface area contributed by atoms with Crippen LogP contribution in [0.15, 0.2) is 72.6 Å². The van der Waals surface area contributed by atoms with E-state index >= 15 is 0 Å². The number of aliphatic hydroxyl groups is 1. The Morgan fingerprint density at radius 3 is 2.29 bits per heavy atom. The van der Waals surface area contributed by atoms with E-state index in [4.69, 9.17) is 4.98 Å². The Bertz CT molecular complexity index is 1550. The summed E-state index contributed by atoms with van der Waals surface area (Å²) in [6.07, 6.45) is 5.49. The summed E-state index contributed by atoms with van der Waals surface area (Å²) in [6.45, 7) is 14.7. The van der Waals surface area contributed by atoms with Gasteiger partial charge in [-0.25, -0.2) is 0 Å². The maximum atomic E-state index is 11.2. The van der Waals surface area contributed by atoms with E-state index in [0.717, 1.165) is 17.7 Å². The van der Waals surface area contributed by atoms with E-state index in [9.17, 15) is 9.90 Å². The van der Waals surface area contributed by atoms with Crippen LogP contribution in [0.2, 0.25) is 0 Å². The Morgan fingerprint density at radius 1 is 0.878 bits per heavy atom. The first-order chi connectivity index (χ1) is 19.0. The number of fused-ring (bicyclic) bond motifs is 5.